The van der Waals surface area contributed by atoms with Gasteiger partial charge in [-0.25, -0.2) is 4.98 Å². The molecule has 1 heterocycles. The van der Waals surface area contributed by atoms with Crippen LogP contribution in [0.25, 0.3) is 0 Å². The lowest BCUT2D eigenvalue weighted by atomic mass is 10.1. The summed E-state index contributed by atoms with van der Waals surface area (Å²) in [6.07, 6.45) is 6.80. The van der Waals surface area contributed by atoms with E-state index in [1.807, 2.05) is 0 Å². The second-order valence-corrected chi connectivity index (χ2v) is 3.80. The summed E-state index contributed by atoms with van der Waals surface area (Å²) in [7, 11) is 0. The first-order valence-electron chi connectivity index (χ1n) is 4.96. The molecule has 14 heavy (non-hydrogen) atoms. The Balaban J connectivity index is 2.43. The molecule has 1 N–H and O–H groups in total. The van der Waals surface area contributed by atoms with Gasteiger partial charge in [0, 0.05) is 6.04 Å². The highest BCUT2D eigenvalue weighted by Crippen LogP contribution is 2.10. The van der Waals surface area contributed by atoms with Crippen LogP contribution in [0.5, 0.6) is 0 Å². The lowest BCUT2D eigenvalue weighted by molar-refractivity contribution is 0.643. The maximum atomic E-state index is 5.72. The minimum absolute atomic E-state index is 0.419. The second-order valence-electron chi connectivity index (χ2n) is 3.41. The van der Waals surface area contributed by atoms with Crippen LogP contribution in [-0.2, 0) is 0 Å². The van der Waals surface area contributed by atoms with E-state index in [1.54, 1.807) is 6.20 Å². The van der Waals surface area contributed by atoms with Crippen LogP contribution < -0.4 is 5.32 Å². The summed E-state index contributed by atoms with van der Waals surface area (Å²) in [4.78, 5) is 8.07. The summed E-state index contributed by atoms with van der Waals surface area (Å²) >= 11 is 5.72. The lowest BCUT2D eigenvalue weighted by Gasteiger charge is -2.13. The van der Waals surface area contributed by atoms with Gasteiger partial charge in [0.15, 0.2) is 0 Å². The third-order valence-electron chi connectivity index (χ3n) is 1.99. The number of unbranched alkanes of at least 4 members (excludes halogenated alkanes) is 1. The molecule has 1 aromatic heterocycles. The summed E-state index contributed by atoms with van der Waals surface area (Å²) in [5, 5.41) is 3.69. The van der Waals surface area contributed by atoms with E-state index >= 15 is 0 Å². The zero-order valence-electron chi connectivity index (χ0n) is 8.63. The van der Waals surface area contributed by atoms with Crippen LogP contribution in [0.3, 0.4) is 0 Å². The average molecular weight is 214 g/mol. The average Bonchev–Trinajstić information content (AvgIpc) is 2.15. The second kappa shape index (κ2) is 5.81. The summed E-state index contributed by atoms with van der Waals surface area (Å²) in [5.74, 6) is 0.751. The molecule has 0 fully saturated rings. The van der Waals surface area contributed by atoms with E-state index in [4.69, 9.17) is 11.6 Å². The van der Waals surface area contributed by atoms with Crippen LogP contribution in [0.15, 0.2) is 12.4 Å². The molecule has 1 aromatic rings. The van der Waals surface area contributed by atoms with Crippen molar-refractivity contribution in [3.63, 3.8) is 0 Å². The SMILES string of the molecule is CCCCC(C)Nc1cncc(Cl)n1. The number of anilines is 1. The van der Waals surface area contributed by atoms with E-state index < -0.39 is 0 Å². The number of nitrogens with one attached hydrogen (secondary N) is 1. The largest absolute Gasteiger partial charge is 0.366 e. The molecule has 0 saturated carbocycles. The van der Waals surface area contributed by atoms with Crippen LogP contribution >= 0.6 is 11.6 Å². The number of aromatic nitrogens is 2. The van der Waals surface area contributed by atoms with Crippen molar-refractivity contribution in [1.29, 1.82) is 0 Å². The van der Waals surface area contributed by atoms with Gasteiger partial charge in [-0.3, -0.25) is 4.98 Å². The van der Waals surface area contributed by atoms with Gasteiger partial charge in [0.05, 0.1) is 12.4 Å². The monoisotopic (exact) mass is 213 g/mol. The Morgan fingerprint density at radius 3 is 2.93 bits per heavy atom. The van der Waals surface area contributed by atoms with E-state index in [0.717, 1.165) is 12.2 Å². The highest BCUT2D eigenvalue weighted by Gasteiger charge is 2.02. The van der Waals surface area contributed by atoms with Crippen LogP contribution in [0.1, 0.15) is 33.1 Å². The molecule has 1 atom stereocenters. The molecule has 0 aliphatic rings. The molecule has 0 spiro atoms. The van der Waals surface area contributed by atoms with Crippen molar-refractivity contribution >= 4 is 17.4 Å². The minimum Gasteiger partial charge on any atom is -0.366 e. The molecule has 0 saturated heterocycles. The third kappa shape index (κ3) is 3.92. The zero-order valence-corrected chi connectivity index (χ0v) is 9.38. The number of halogens is 1. The molecule has 0 radical (unpaired) electrons. The van der Waals surface area contributed by atoms with Gasteiger partial charge in [-0.2, -0.15) is 0 Å². The quantitative estimate of drug-likeness (QED) is 0.817. The standard InChI is InChI=1S/C10H16ClN3/c1-3-4-5-8(2)13-10-7-12-6-9(11)14-10/h6-8H,3-5H2,1-2H3,(H,13,14). The van der Waals surface area contributed by atoms with Crippen LogP contribution in [-0.4, -0.2) is 16.0 Å². The summed E-state index contributed by atoms with van der Waals surface area (Å²) in [6.45, 7) is 4.32. The van der Waals surface area contributed by atoms with Gasteiger partial charge >= 0.3 is 0 Å². The first-order chi connectivity index (χ1) is 6.72. The Kier molecular flexibility index (Phi) is 4.66. The van der Waals surface area contributed by atoms with Gasteiger partial charge in [0.2, 0.25) is 0 Å². The van der Waals surface area contributed by atoms with Gasteiger partial charge in [-0.05, 0) is 13.3 Å². The normalized spacial score (nSPS) is 12.5. The molecule has 4 heteroatoms. The minimum atomic E-state index is 0.419. The molecule has 0 aromatic carbocycles. The van der Waals surface area contributed by atoms with Gasteiger partial charge in [0.1, 0.15) is 11.0 Å². The Morgan fingerprint density at radius 2 is 2.29 bits per heavy atom. The van der Waals surface area contributed by atoms with Gasteiger partial charge < -0.3 is 5.32 Å². The van der Waals surface area contributed by atoms with E-state index in [2.05, 4.69) is 29.1 Å². The number of hydrogen-bond acceptors (Lipinski definition) is 3. The predicted molar refractivity (Wildman–Crippen MR) is 59.7 cm³/mol. The van der Waals surface area contributed by atoms with E-state index in [9.17, 15) is 0 Å². The first kappa shape index (κ1) is 11.2. The smallest absolute Gasteiger partial charge is 0.149 e. The van der Waals surface area contributed by atoms with Crippen molar-refractivity contribution < 1.29 is 0 Å². The van der Waals surface area contributed by atoms with Crippen LogP contribution in [0.2, 0.25) is 5.15 Å². The van der Waals surface area contributed by atoms with Crippen LogP contribution in [0.4, 0.5) is 5.82 Å². The Hall–Kier alpha value is -0.830. The van der Waals surface area contributed by atoms with Crippen molar-refractivity contribution in [2.45, 2.75) is 39.2 Å². The Labute approximate surface area is 89.9 Å². The maximum absolute atomic E-state index is 5.72. The van der Waals surface area contributed by atoms with Crippen molar-refractivity contribution in [1.82, 2.24) is 9.97 Å². The number of hydrogen-bond donors (Lipinski definition) is 1. The fraction of sp³-hybridized carbons (Fsp3) is 0.600. The topological polar surface area (TPSA) is 37.8 Å². The summed E-state index contributed by atoms with van der Waals surface area (Å²) in [5.41, 5.74) is 0. The molecule has 78 valence electrons. The molecular formula is C10H16ClN3. The molecule has 3 nitrogen and oxygen atoms in total. The highest BCUT2D eigenvalue weighted by molar-refractivity contribution is 6.29. The van der Waals surface area contributed by atoms with Gasteiger partial charge in [0.25, 0.3) is 0 Å². The Morgan fingerprint density at radius 1 is 1.50 bits per heavy atom. The van der Waals surface area contributed by atoms with E-state index in [-0.39, 0.29) is 0 Å². The fourth-order valence-corrected chi connectivity index (χ4v) is 1.39. The van der Waals surface area contributed by atoms with Gasteiger partial charge in [-0.15, -0.1) is 0 Å². The molecule has 1 unspecified atom stereocenters. The van der Waals surface area contributed by atoms with E-state index in [0.29, 0.717) is 11.2 Å². The molecule has 0 bridgehead atoms. The van der Waals surface area contributed by atoms with Crippen molar-refractivity contribution in [3.8, 4) is 0 Å². The zero-order chi connectivity index (χ0) is 10.4. The van der Waals surface area contributed by atoms with Crippen molar-refractivity contribution in [3.05, 3.63) is 17.5 Å². The summed E-state index contributed by atoms with van der Waals surface area (Å²) in [6, 6.07) is 0.419. The summed E-state index contributed by atoms with van der Waals surface area (Å²) < 4.78 is 0. The van der Waals surface area contributed by atoms with Crippen molar-refractivity contribution in [2.75, 3.05) is 5.32 Å². The highest BCUT2D eigenvalue weighted by atomic mass is 35.5. The fourth-order valence-electron chi connectivity index (χ4n) is 1.25. The number of rotatable bonds is 5. The molecule has 1 rings (SSSR count). The Bertz CT molecular complexity index is 278. The van der Waals surface area contributed by atoms with Crippen LogP contribution in [0, 0.1) is 0 Å². The first-order valence-corrected chi connectivity index (χ1v) is 5.34. The maximum Gasteiger partial charge on any atom is 0.149 e. The third-order valence-corrected chi connectivity index (χ3v) is 2.17. The van der Waals surface area contributed by atoms with E-state index in [1.165, 1.54) is 19.0 Å². The molecule has 0 aliphatic carbocycles. The lowest BCUT2D eigenvalue weighted by Crippen LogP contribution is -2.15. The van der Waals surface area contributed by atoms with Gasteiger partial charge in [-0.1, -0.05) is 31.4 Å². The molecular weight excluding hydrogens is 198 g/mol. The molecule has 0 amide bonds. The predicted octanol–water partition coefficient (Wildman–Crippen LogP) is 3.12. The number of nitrogens with zero attached hydrogens (tertiary/aromatic N) is 2. The molecule has 0 aliphatic heterocycles. The van der Waals surface area contributed by atoms with Crippen molar-refractivity contribution in [2.24, 2.45) is 0 Å².